The minimum Gasteiger partial charge on any atom is -0.436 e. The molecule has 0 unspecified atom stereocenters. The van der Waals surface area contributed by atoms with E-state index in [0.717, 1.165) is 5.56 Å². The van der Waals surface area contributed by atoms with Gasteiger partial charge in [0.1, 0.15) is 11.8 Å². The Kier molecular flexibility index (Phi) is 3.84. The van der Waals surface area contributed by atoms with Crippen molar-refractivity contribution in [2.24, 2.45) is 0 Å². The zero-order valence-electron chi connectivity index (χ0n) is 9.92. The Morgan fingerprint density at radius 3 is 2.83 bits per heavy atom. The van der Waals surface area contributed by atoms with E-state index < -0.39 is 0 Å². The van der Waals surface area contributed by atoms with E-state index in [4.69, 9.17) is 10.00 Å². The first-order chi connectivity index (χ1) is 8.85. The molecule has 0 aliphatic heterocycles. The molecule has 0 atom stereocenters. The summed E-state index contributed by atoms with van der Waals surface area (Å²) in [5.74, 6) is 0.896. The highest BCUT2D eigenvalue weighted by molar-refractivity contribution is 5.39. The van der Waals surface area contributed by atoms with E-state index in [9.17, 15) is 0 Å². The van der Waals surface area contributed by atoms with Gasteiger partial charge in [-0.25, -0.2) is 9.97 Å². The standard InChI is InChI=1S/C13H12N4O/c1-15-9-10-4-2-3-5-12(10)18-13-11(8-14)16-6-7-17-13/h2-7,15H,9H2,1H3. The minimum absolute atomic E-state index is 0.178. The second kappa shape index (κ2) is 5.75. The molecule has 1 aromatic carbocycles. The van der Waals surface area contributed by atoms with Crippen LogP contribution in [-0.4, -0.2) is 17.0 Å². The van der Waals surface area contributed by atoms with Gasteiger partial charge in [-0.3, -0.25) is 0 Å². The number of hydrogen-bond acceptors (Lipinski definition) is 5. The third kappa shape index (κ3) is 2.62. The molecule has 90 valence electrons. The van der Waals surface area contributed by atoms with Crippen molar-refractivity contribution in [3.8, 4) is 17.7 Å². The maximum atomic E-state index is 8.92. The van der Waals surface area contributed by atoms with E-state index in [1.54, 1.807) is 0 Å². The second-order valence-electron chi connectivity index (χ2n) is 3.56. The average Bonchev–Trinajstić information content (AvgIpc) is 2.42. The number of nitrogens with one attached hydrogen (secondary N) is 1. The van der Waals surface area contributed by atoms with Crippen LogP contribution in [0.15, 0.2) is 36.7 Å². The van der Waals surface area contributed by atoms with Crippen LogP contribution in [-0.2, 0) is 6.54 Å². The van der Waals surface area contributed by atoms with Crippen molar-refractivity contribution in [2.75, 3.05) is 7.05 Å². The van der Waals surface area contributed by atoms with Gasteiger partial charge < -0.3 is 10.1 Å². The monoisotopic (exact) mass is 240 g/mol. The van der Waals surface area contributed by atoms with Crippen LogP contribution in [0, 0.1) is 11.3 Å². The molecule has 1 heterocycles. The lowest BCUT2D eigenvalue weighted by atomic mass is 10.2. The van der Waals surface area contributed by atoms with E-state index in [2.05, 4.69) is 15.3 Å². The van der Waals surface area contributed by atoms with Crippen LogP contribution in [0.4, 0.5) is 0 Å². The molecule has 0 bridgehead atoms. The van der Waals surface area contributed by atoms with Gasteiger partial charge in [-0.2, -0.15) is 5.26 Å². The fourth-order valence-corrected chi connectivity index (χ4v) is 1.52. The number of rotatable bonds is 4. The molecule has 2 aromatic rings. The van der Waals surface area contributed by atoms with Gasteiger partial charge >= 0.3 is 0 Å². The predicted molar refractivity (Wildman–Crippen MR) is 66.0 cm³/mol. The molecule has 5 nitrogen and oxygen atoms in total. The normalized spacial score (nSPS) is 9.78. The van der Waals surface area contributed by atoms with Crippen LogP contribution >= 0.6 is 0 Å². The van der Waals surface area contributed by atoms with Crippen LogP contribution in [0.3, 0.4) is 0 Å². The van der Waals surface area contributed by atoms with Crippen LogP contribution in [0.5, 0.6) is 11.6 Å². The highest BCUT2D eigenvalue weighted by atomic mass is 16.5. The number of nitrogens with zero attached hydrogens (tertiary/aromatic N) is 3. The minimum atomic E-state index is 0.178. The van der Waals surface area contributed by atoms with Crippen molar-refractivity contribution in [2.45, 2.75) is 6.54 Å². The highest BCUT2D eigenvalue weighted by Gasteiger charge is 2.09. The number of benzene rings is 1. The van der Waals surface area contributed by atoms with Gasteiger partial charge in [0.25, 0.3) is 5.88 Å². The lowest BCUT2D eigenvalue weighted by Gasteiger charge is -2.10. The van der Waals surface area contributed by atoms with Crippen molar-refractivity contribution in [3.63, 3.8) is 0 Å². The second-order valence-corrected chi connectivity index (χ2v) is 3.56. The summed E-state index contributed by atoms with van der Waals surface area (Å²) in [4.78, 5) is 7.92. The maximum Gasteiger partial charge on any atom is 0.256 e. The molecule has 0 spiro atoms. The van der Waals surface area contributed by atoms with E-state index in [1.165, 1.54) is 12.4 Å². The lowest BCUT2D eigenvalue weighted by molar-refractivity contribution is 0.451. The molecule has 0 fully saturated rings. The SMILES string of the molecule is CNCc1ccccc1Oc1nccnc1C#N. The Morgan fingerprint density at radius 2 is 2.06 bits per heavy atom. The zero-order chi connectivity index (χ0) is 12.8. The van der Waals surface area contributed by atoms with Crippen molar-refractivity contribution in [1.29, 1.82) is 5.26 Å². The first kappa shape index (κ1) is 12.0. The number of hydrogen-bond donors (Lipinski definition) is 1. The van der Waals surface area contributed by atoms with Gasteiger partial charge in [-0.05, 0) is 13.1 Å². The fraction of sp³-hybridized carbons (Fsp3) is 0.154. The molecule has 0 amide bonds. The quantitative estimate of drug-likeness (QED) is 0.883. The Labute approximate surface area is 105 Å². The van der Waals surface area contributed by atoms with E-state index in [-0.39, 0.29) is 11.6 Å². The highest BCUT2D eigenvalue weighted by Crippen LogP contribution is 2.24. The predicted octanol–water partition coefficient (Wildman–Crippen LogP) is 1.86. The van der Waals surface area contributed by atoms with Gasteiger partial charge in [-0.15, -0.1) is 0 Å². The molecular weight excluding hydrogens is 228 g/mol. The third-order valence-corrected chi connectivity index (χ3v) is 2.32. The molecule has 0 aliphatic carbocycles. The number of para-hydroxylation sites is 1. The average molecular weight is 240 g/mol. The van der Waals surface area contributed by atoms with Gasteiger partial charge in [0.2, 0.25) is 5.69 Å². The summed E-state index contributed by atoms with van der Waals surface area (Å²) in [7, 11) is 1.86. The molecule has 0 saturated heterocycles. The summed E-state index contributed by atoms with van der Waals surface area (Å²) >= 11 is 0. The summed E-state index contributed by atoms with van der Waals surface area (Å²) in [5, 5.41) is 12.0. The summed E-state index contributed by atoms with van der Waals surface area (Å²) < 4.78 is 5.65. The molecule has 0 radical (unpaired) electrons. The molecule has 5 heteroatoms. The molecule has 18 heavy (non-hydrogen) atoms. The van der Waals surface area contributed by atoms with Gasteiger partial charge in [0.15, 0.2) is 0 Å². The number of ether oxygens (including phenoxy) is 1. The van der Waals surface area contributed by atoms with Crippen LogP contribution < -0.4 is 10.1 Å². The molecule has 0 saturated carbocycles. The Hall–Kier alpha value is -2.45. The summed E-state index contributed by atoms with van der Waals surface area (Å²) in [6.07, 6.45) is 2.96. The smallest absolute Gasteiger partial charge is 0.256 e. The van der Waals surface area contributed by atoms with Crippen molar-refractivity contribution >= 4 is 0 Å². The topological polar surface area (TPSA) is 70.8 Å². The summed E-state index contributed by atoms with van der Waals surface area (Å²) in [6, 6.07) is 9.55. The first-order valence-electron chi connectivity index (χ1n) is 5.46. The van der Waals surface area contributed by atoms with E-state index in [0.29, 0.717) is 12.3 Å². The van der Waals surface area contributed by atoms with E-state index >= 15 is 0 Å². The van der Waals surface area contributed by atoms with Crippen LogP contribution in [0.1, 0.15) is 11.3 Å². The first-order valence-corrected chi connectivity index (χ1v) is 5.46. The Bertz CT molecular complexity index is 577. The van der Waals surface area contributed by atoms with Crippen molar-refractivity contribution < 1.29 is 4.74 Å². The zero-order valence-corrected chi connectivity index (χ0v) is 9.92. The van der Waals surface area contributed by atoms with Crippen LogP contribution in [0.25, 0.3) is 0 Å². The molecule has 0 aliphatic rings. The van der Waals surface area contributed by atoms with E-state index in [1.807, 2.05) is 37.4 Å². The largest absolute Gasteiger partial charge is 0.436 e. The fourth-order valence-electron chi connectivity index (χ4n) is 1.52. The molecule has 1 aromatic heterocycles. The Balaban J connectivity index is 2.31. The third-order valence-electron chi connectivity index (χ3n) is 2.32. The molecule has 2 rings (SSSR count). The van der Waals surface area contributed by atoms with Crippen LogP contribution in [0.2, 0.25) is 0 Å². The van der Waals surface area contributed by atoms with Gasteiger partial charge in [0, 0.05) is 24.5 Å². The summed E-state index contributed by atoms with van der Waals surface area (Å²) in [5.41, 5.74) is 1.17. The number of nitriles is 1. The van der Waals surface area contributed by atoms with Gasteiger partial charge in [-0.1, -0.05) is 18.2 Å². The van der Waals surface area contributed by atoms with Crippen molar-refractivity contribution in [1.82, 2.24) is 15.3 Å². The lowest BCUT2D eigenvalue weighted by Crippen LogP contribution is -2.06. The molecular formula is C13H12N4O. The van der Waals surface area contributed by atoms with Gasteiger partial charge in [0.05, 0.1) is 0 Å². The molecule has 1 N–H and O–H groups in total. The maximum absolute atomic E-state index is 8.92. The summed E-state index contributed by atoms with van der Waals surface area (Å²) in [6.45, 7) is 0.679. The van der Waals surface area contributed by atoms with Crippen molar-refractivity contribution in [3.05, 3.63) is 47.9 Å². The Morgan fingerprint density at radius 1 is 1.28 bits per heavy atom. The number of aromatic nitrogens is 2.